The Balaban J connectivity index is 1.51. The lowest BCUT2D eigenvalue weighted by Crippen LogP contribution is -2.11. The molecule has 1 heterocycles. The number of aromatic nitrogens is 1. The summed E-state index contributed by atoms with van der Waals surface area (Å²) >= 11 is 1.40. The minimum atomic E-state index is -0.453. The van der Waals surface area contributed by atoms with E-state index in [1.807, 2.05) is 48.5 Å². The van der Waals surface area contributed by atoms with E-state index in [0.717, 1.165) is 32.8 Å². The lowest BCUT2D eigenvalue weighted by molar-refractivity contribution is 0.102. The summed E-state index contributed by atoms with van der Waals surface area (Å²) in [7, 11) is 0. The highest BCUT2D eigenvalue weighted by Crippen LogP contribution is 2.39. The van der Waals surface area contributed by atoms with Crippen molar-refractivity contribution in [3.05, 3.63) is 121 Å². The van der Waals surface area contributed by atoms with Gasteiger partial charge in [0.1, 0.15) is 5.82 Å². The zero-order valence-electron chi connectivity index (χ0n) is 17.5. The van der Waals surface area contributed by atoms with Gasteiger partial charge >= 0.3 is 0 Å². The molecule has 33 heavy (non-hydrogen) atoms. The standard InChI is InChI=1S/C28H19FN2OS/c29-24-13-7-12-23(18-24)27(32)31-28-30-25(21-10-5-2-6-11-21)26(33-28)22-16-14-20(15-17-22)19-8-3-1-4-9-19/h1-18H,(H,30,31,32). The van der Waals surface area contributed by atoms with Crippen LogP contribution in [0.2, 0.25) is 0 Å². The number of anilines is 1. The van der Waals surface area contributed by atoms with Crippen LogP contribution in [0.4, 0.5) is 9.52 Å². The summed E-state index contributed by atoms with van der Waals surface area (Å²) < 4.78 is 13.5. The number of nitrogens with one attached hydrogen (secondary N) is 1. The summed E-state index contributed by atoms with van der Waals surface area (Å²) in [6, 6.07) is 34.0. The molecule has 0 saturated carbocycles. The molecular formula is C28H19FN2OS. The maximum atomic E-state index is 13.5. The minimum absolute atomic E-state index is 0.250. The van der Waals surface area contributed by atoms with Gasteiger partial charge in [-0.25, -0.2) is 9.37 Å². The van der Waals surface area contributed by atoms with E-state index in [4.69, 9.17) is 4.98 Å². The number of thiazole rings is 1. The highest BCUT2D eigenvalue weighted by Gasteiger charge is 2.17. The SMILES string of the molecule is O=C(Nc1nc(-c2ccccc2)c(-c2ccc(-c3ccccc3)cc2)s1)c1cccc(F)c1. The highest BCUT2D eigenvalue weighted by molar-refractivity contribution is 7.19. The third-order valence-corrected chi connectivity index (χ3v) is 6.26. The average Bonchev–Trinajstić information content (AvgIpc) is 3.29. The van der Waals surface area contributed by atoms with Crippen molar-refractivity contribution in [1.29, 1.82) is 0 Å². The van der Waals surface area contributed by atoms with Crippen LogP contribution in [0.25, 0.3) is 32.8 Å². The summed E-state index contributed by atoms with van der Waals surface area (Å²) in [4.78, 5) is 18.3. The van der Waals surface area contributed by atoms with Crippen molar-refractivity contribution in [3.8, 4) is 32.8 Å². The molecule has 3 nitrogen and oxygen atoms in total. The number of hydrogen-bond acceptors (Lipinski definition) is 3. The van der Waals surface area contributed by atoms with Crippen molar-refractivity contribution in [3.63, 3.8) is 0 Å². The number of nitrogens with zero attached hydrogens (tertiary/aromatic N) is 1. The zero-order valence-corrected chi connectivity index (χ0v) is 18.4. The molecule has 0 aliphatic rings. The van der Waals surface area contributed by atoms with Crippen LogP contribution in [0, 0.1) is 5.82 Å². The molecule has 0 spiro atoms. The van der Waals surface area contributed by atoms with E-state index in [-0.39, 0.29) is 5.56 Å². The van der Waals surface area contributed by atoms with Gasteiger partial charge in [0.15, 0.2) is 5.13 Å². The van der Waals surface area contributed by atoms with Crippen LogP contribution in [0.3, 0.4) is 0 Å². The predicted molar refractivity (Wildman–Crippen MR) is 133 cm³/mol. The van der Waals surface area contributed by atoms with Crippen molar-refractivity contribution < 1.29 is 9.18 Å². The molecule has 0 fully saturated rings. The topological polar surface area (TPSA) is 42.0 Å². The number of benzene rings is 4. The first kappa shape index (κ1) is 20.8. The van der Waals surface area contributed by atoms with Crippen LogP contribution >= 0.6 is 11.3 Å². The minimum Gasteiger partial charge on any atom is -0.298 e. The first-order chi connectivity index (χ1) is 16.2. The number of amides is 1. The van der Waals surface area contributed by atoms with E-state index < -0.39 is 11.7 Å². The molecule has 0 aliphatic heterocycles. The van der Waals surface area contributed by atoms with Crippen LogP contribution in [0.1, 0.15) is 10.4 Å². The van der Waals surface area contributed by atoms with Gasteiger partial charge in [0, 0.05) is 11.1 Å². The maximum Gasteiger partial charge on any atom is 0.257 e. The normalized spacial score (nSPS) is 10.7. The third kappa shape index (κ3) is 4.59. The molecule has 1 amide bonds. The van der Waals surface area contributed by atoms with E-state index in [1.54, 1.807) is 6.07 Å². The van der Waals surface area contributed by atoms with E-state index in [0.29, 0.717) is 5.13 Å². The van der Waals surface area contributed by atoms with Gasteiger partial charge in [-0.3, -0.25) is 10.1 Å². The third-order valence-electron chi connectivity index (χ3n) is 5.24. The largest absolute Gasteiger partial charge is 0.298 e. The molecule has 160 valence electrons. The predicted octanol–water partition coefficient (Wildman–Crippen LogP) is 7.54. The molecule has 5 rings (SSSR count). The van der Waals surface area contributed by atoms with Crippen LogP contribution < -0.4 is 5.32 Å². The fraction of sp³-hybridized carbons (Fsp3) is 0. The second-order valence-electron chi connectivity index (χ2n) is 7.47. The second kappa shape index (κ2) is 9.18. The van der Waals surface area contributed by atoms with Gasteiger partial charge in [-0.05, 0) is 34.9 Å². The maximum absolute atomic E-state index is 13.5. The van der Waals surface area contributed by atoms with Gasteiger partial charge in [-0.15, -0.1) is 0 Å². The molecular weight excluding hydrogens is 431 g/mol. The molecule has 0 radical (unpaired) electrons. The highest BCUT2D eigenvalue weighted by atomic mass is 32.1. The summed E-state index contributed by atoms with van der Waals surface area (Å²) in [5.41, 5.74) is 5.30. The van der Waals surface area contributed by atoms with E-state index in [1.165, 1.54) is 29.5 Å². The molecule has 1 N–H and O–H groups in total. The number of carbonyl (C=O) groups is 1. The van der Waals surface area contributed by atoms with Crippen molar-refractivity contribution in [2.24, 2.45) is 0 Å². The van der Waals surface area contributed by atoms with Crippen LogP contribution in [0.15, 0.2) is 109 Å². The lowest BCUT2D eigenvalue weighted by Gasteiger charge is -2.05. The Morgan fingerprint density at radius 1 is 0.697 bits per heavy atom. The quantitative estimate of drug-likeness (QED) is 0.301. The van der Waals surface area contributed by atoms with Crippen molar-refractivity contribution in [2.45, 2.75) is 0 Å². The van der Waals surface area contributed by atoms with Gasteiger partial charge in [-0.1, -0.05) is 102 Å². The molecule has 5 aromatic rings. The van der Waals surface area contributed by atoms with Crippen molar-refractivity contribution >= 4 is 22.4 Å². The summed E-state index contributed by atoms with van der Waals surface area (Å²) in [5, 5.41) is 3.29. The van der Waals surface area contributed by atoms with Crippen molar-refractivity contribution in [2.75, 3.05) is 5.32 Å². The Morgan fingerprint density at radius 2 is 1.30 bits per heavy atom. The smallest absolute Gasteiger partial charge is 0.257 e. The number of hydrogen-bond donors (Lipinski definition) is 1. The molecule has 0 atom stereocenters. The van der Waals surface area contributed by atoms with Gasteiger partial charge < -0.3 is 0 Å². The Labute approximate surface area is 195 Å². The molecule has 0 saturated heterocycles. The monoisotopic (exact) mass is 450 g/mol. The molecule has 0 unspecified atom stereocenters. The van der Waals surface area contributed by atoms with E-state index >= 15 is 0 Å². The first-order valence-electron chi connectivity index (χ1n) is 10.5. The van der Waals surface area contributed by atoms with Crippen LogP contribution in [0.5, 0.6) is 0 Å². The summed E-state index contributed by atoms with van der Waals surface area (Å²) in [5.74, 6) is -0.847. The lowest BCUT2D eigenvalue weighted by atomic mass is 10.0. The zero-order chi connectivity index (χ0) is 22.6. The van der Waals surface area contributed by atoms with E-state index in [2.05, 4.69) is 41.7 Å². The van der Waals surface area contributed by atoms with Gasteiger partial charge in [0.2, 0.25) is 0 Å². The Hall–Kier alpha value is -4.09. The molecule has 0 bridgehead atoms. The fourth-order valence-corrected chi connectivity index (χ4v) is 4.59. The summed E-state index contributed by atoms with van der Waals surface area (Å²) in [6.45, 7) is 0. The van der Waals surface area contributed by atoms with Crippen LogP contribution in [-0.2, 0) is 0 Å². The molecule has 1 aromatic heterocycles. The first-order valence-corrected chi connectivity index (χ1v) is 11.3. The van der Waals surface area contributed by atoms with Gasteiger partial charge in [0.05, 0.1) is 10.6 Å². The number of halogens is 1. The van der Waals surface area contributed by atoms with Gasteiger partial charge in [0.25, 0.3) is 5.91 Å². The molecule has 5 heteroatoms. The van der Waals surface area contributed by atoms with Crippen LogP contribution in [-0.4, -0.2) is 10.9 Å². The number of rotatable bonds is 5. The average molecular weight is 451 g/mol. The van der Waals surface area contributed by atoms with Gasteiger partial charge in [-0.2, -0.15) is 0 Å². The van der Waals surface area contributed by atoms with E-state index in [9.17, 15) is 9.18 Å². The number of carbonyl (C=O) groups excluding carboxylic acids is 1. The summed E-state index contributed by atoms with van der Waals surface area (Å²) in [6.07, 6.45) is 0. The molecule has 0 aliphatic carbocycles. The Morgan fingerprint density at radius 3 is 1.97 bits per heavy atom. The van der Waals surface area contributed by atoms with Crippen molar-refractivity contribution in [1.82, 2.24) is 4.98 Å². The Bertz CT molecular complexity index is 1400. The molecule has 4 aromatic carbocycles. The second-order valence-corrected chi connectivity index (χ2v) is 8.47. The Kier molecular flexibility index (Phi) is 5.79. The fourth-order valence-electron chi connectivity index (χ4n) is 3.60.